The maximum atomic E-state index is 6.81. The Morgan fingerprint density at radius 2 is 2.40 bits per heavy atom. The van der Waals surface area contributed by atoms with Gasteiger partial charge in [-0.05, 0) is 6.42 Å². The van der Waals surface area contributed by atoms with Gasteiger partial charge >= 0.3 is 0 Å². The molecule has 0 fully saturated rings. The molecule has 6 heteroatoms. The van der Waals surface area contributed by atoms with Crippen LogP contribution < -0.4 is 16.6 Å². The van der Waals surface area contributed by atoms with Crippen molar-refractivity contribution in [2.45, 2.75) is 6.42 Å². The number of nitrogens with one attached hydrogen (secondary N) is 2. The maximum Gasteiger partial charge on any atom is 0.205 e. The second-order valence-corrected chi connectivity index (χ2v) is 1.65. The minimum absolute atomic E-state index is 0.705. The molecule has 0 atom stereocenters. The zero-order valence-corrected chi connectivity index (χ0v) is 7.06. The average molecular weight is 211 g/mol. The van der Waals surface area contributed by atoms with Crippen molar-refractivity contribution in [1.82, 2.24) is 10.7 Å². The van der Waals surface area contributed by atoms with Crippen LogP contribution in [-0.2, 0) is 0 Å². The number of nitrogens with zero attached hydrogens (tertiary/aromatic N) is 1. The molecule has 1 heterocycles. The molecule has 1 aliphatic heterocycles. The van der Waals surface area contributed by atoms with Crippen molar-refractivity contribution < 1.29 is 4.20 Å². The van der Waals surface area contributed by atoms with Crippen LogP contribution >= 0.6 is 16.3 Å². The maximum absolute atomic E-state index is 6.81. The highest BCUT2D eigenvalue weighted by Crippen LogP contribution is 1.84. The number of aliphatic imine (C=N–C) groups is 1. The SMILES string of the molecule is NNC1=NCCCN1.OBr. The third kappa shape index (κ3) is 3.65. The fourth-order valence-corrected chi connectivity index (χ4v) is 0.629. The van der Waals surface area contributed by atoms with E-state index < -0.39 is 0 Å². The van der Waals surface area contributed by atoms with Crippen molar-refractivity contribution in [3.05, 3.63) is 0 Å². The summed E-state index contributed by atoms with van der Waals surface area (Å²) in [4.78, 5) is 4.02. The molecule has 0 unspecified atom stereocenters. The molecule has 0 aliphatic carbocycles. The first-order chi connectivity index (χ1) is 4.93. The summed E-state index contributed by atoms with van der Waals surface area (Å²) in [7, 11) is 0. The van der Waals surface area contributed by atoms with Gasteiger partial charge in [0.25, 0.3) is 0 Å². The molecular weight excluding hydrogens is 200 g/mol. The zero-order chi connectivity index (χ0) is 7.82. The van der Waals surface area contributed by atoms with E-state index in [9.17, 15) is 0 Å². The normalized spacial score (nSPS) is 15.7. The average Bonchev–Trinajstić information content (AvgIpc) is 2.10. The summed E-state index contributed by atoms with van der Waals surface area (Å²) in [5.41, 5.74) is 2.44. The molecule has 5 N–H and O–H groups in total. The van der Waals surface area contributed by atoms with Gasteiger partial charge in [-0.15, -0.1) is 0 Å². The largest absolute Gasteiger partial charge is 0.355 e. The first-order valence-electron chi connectivity index (χ1n) is 2.85. The van der Waals surface area contributed by atoms with Gasteiger partial charge in [-0.25, -0.2) is 5.84 Å². The van der Waals surface area contributed by atoms with Gasteiger partial charge < -0.3 is 9.51 Å². The molecule has 1 aliphatic rings. The third-order valence-electron chi connectivity index (χ3n) is 1.03. The Labute approximate surface area is 68.1 Å². The second-order valence-electron chi connectivity index (χ2n) is 1.65. The van der Waals surface area contributed by atoms with Crippen molar-refractivity contribution in [2.24, 2.45) is 10.8 Å². The van der Waals surface area contributed by atoms with Gasteiger partial charge in [-0.2, -0.15) is 0 Å². The molecule has 0 aromatic rings. The number of hydrogen-bond donors (Lipinski definition) is 4. The minimum Gasteiger partial charge on any atom is -0.355 e. The summed E-state index contributed by atoms with van der Waals surface area (Å²) in [5.74, 6) is 5.76. The summed E-state index contributed by atoms with van der Waals surface area (Å²) in [6.07, 6.45) is 1.10. The van der Waals surface area contributed by atoms with Crippen LogP contribution in [0.5, 0.6) is 0 Å². The Kier molecular flexibility index (Phi) is 6.56. The van der Waals surface area contributed by atoms with Gasteiger partial charge in [0.05, 0.1) is 16.3 Å². The highest BCUT2D eigenvalue weighted by Gasteiger charge is 1.98. The molecule has 10 heavy (non-hydrogen) atoms. The highest BCUT2D eigenvalue weighted by atomic mass is 79.9. The molecule has 0 saturated carbocycles. The lowest BCUT2D eigenvalue weighted by atomic mass is 10.4. The highest BCUT2D eigenvalue weighted by molar-refractivity contribution is 9.05. The van der Waals surface area contributed by atoms with Crippen LogP contribution in [0.4, 0.5) is 0 Å². The summed E-state index contributed by atoms with van der Waals surface area (Å²) in [6, 6.07) is 0. The minimum atomic E-state index is 0.705. The van der Waals surface area contributed by atoms with Crippen molar-refractivity contribution >= 4 is 22.2 Å². The van der Waals surface area contributed by atoms with Crippen LogP contribution in [0.15, 0.2) is 4.99 Å². The van der Waals surface area contributed by atoms with Crippen LogP contribution in [0.3, 0.4) is 0 Å². The van der Waals surface area contributed by atoms with Crippen molar-refractivity contribution in [2.75, 3.05) is 13.1 Å². The van der Waals surface area contributed by atoms with Crippen molar-refractivity contribution in [1.29, 1.82) is 0 Å². The van der Waals surface area contributed by atoms with E-state index in [1.165, 1.54) is 0 Å². The molecule has 0 amide bonds. The van der Waals surface area contributed by atoms with Gasteiger partial charge in [-0.3, -0.25) is 10.4 Å². The van der Waals surface area contributed by atoms with Crippen LogP contribution in [0.2, 0.25) is 0 Å². The summed E-state index contributed by atoms with van der Waals surface area (Å²) < 4.78 is 6.81. The Bertz CT molecular complexity index is 107. The predicted octanol–water partition coefficient (Wildman–Crippen LogP) is -0.912. The van der Waals surface area contributed by atoms with E-state index in [1.54, 1.807) is 0 Å². The van der Waals surface area contributed by atoms with Gasteiger partial charge in [-0.1, -0.05) is 0 Å². The Morgan fingerprint density at radius 1 is 1.70 bits per heavy atom. The molecule has 0 saturated heterocycles. The molecule has 0 radical (unpaired) electrons. The lowest BCUT2D eigenvalue weighted by molar-refractivity contribution is 0.702. The van der Waals surface area contributed by atoms with E-state index in [1.807, 2.05) is 16.3 Å². The van der Waals surface area contributed by atoms with E-state index in [0.717, 1.165) is 19.5 Å². The van der Waals surface area contributed by atoms with Crippen LogP contribution in [0.1, 0.15) is 6.42 Å². The number of hydrogen-bond acceptors (Lipinski definition) is 5. The molecule has 1 rings (SSSR count). The Morgan fingerprint density at radius 3 is 2.70 bits per heavy atom. The molecule has 0 aromatic carbocycles. The Hall–Kier alpha value is -0.330. The Balaban J connectivity index is 0.000000371. The van der Waals surface area contributed by atoms with Gasteiger partial charge in [0.15, 0.2) is 0 Å². The topological polar surface area (TPSA) is 82.7 Å². The first-order valence-corrected chi connectivity index (χ1v) is 3.56. The molecular formula is C4H11BrN4O. The second kappa shape index (κ2) is 6.79. The number of halogens is 1. The standard InChI is InChI=1S/C4H10N4.BrHO/c5-8-4-6-2-1-3-7-4;1-2/h1-3,5H2,(H2,6,7,8);2H. The lowest BCUT2D eigenvalue weighted by Crippen LogP contribution is -2.44. The van der Waals surface area contributed by atoms with E-state index in [2.05, 4.69) is 15.7 Å². The number of guanidine groups is 1. The van der Waals surface area contributed by atoms with Crippen LogP contribution in [-0.4, -0.2) is 23.2 Å². The van der Waals surface area contributed by atoms with E-state index in [-0.39, 0.29) is 0 Å². The quantitative estimate of drug-likeness (QED) is 0.308. The smallest absolute Gasteiger partial charge is 0.205 e. The van der Waals surface area contributed by atoms with Crippen molar-refractivity contribution in [3.63, 3.8) is 0 Å². The molecule has 0 spiro atoms. The monoisotopic (exact) mass is 210 g/mol. The predicted molar refractivity (Wildman–Crippen MR) is 43.4 cm³/mol. The van der Waals surface area contributed by atoms with Gasteiger partial charge in [0, 0.05) is 13.1 Å². The van der Waals surface area contributed by atoms with Crippen molar-refractivity contribution in [3.8, 4) is 0 Å². The molecule has 5 nitrogen and oxygen atoms in total. The summed E-state index contributed by atoms with van der Waals surface area (Å²) in [5, 5.41) is 2.98. The van der Waals surface area contributed by atoms with Crippen LogP contribution in [0, 0.1) is 0 Å². The number of hydrazine groups is 1. The fraction of sp³-hybridized carbons (Fsp3) is 0.750. The van der Waals surface area contributed by atoms with Gasteiger partial charge in [0.1, 0.15) is 0 Å². The van der Waals surface area contributed by atoms with Crippen LogP contribution in [0.25, 0.3) is 0 Å². The summed E-state index contributed by atoms with van der Waals surface area (Å²) >= 11 is 1.94. The third-order valence-corrected chi connectivity index (χ3v) is 1.03. The number of rotatable bonds is 0. The molecule has 0 bridgehead atoms. The number of nitrogens with two attached hydrogens (primary N) is 1. The zero-order valence-electron chi connectivity index (χ0n) is 5.47. The lowest BCUT2D eigenvalue weighted by Gasteiger charge is -2.12. The molecule has 60 valence electrons. The first kappa shape index (κ1) is 9.67. The summed E-state index contributed by atoms with van der Waals surface area (Å²) in [6.45, 7) is 1.86. The fourth-order valence-electron chi connectivity index (χ4n) is 0.629. The van der Waals surface area contributed by atoms with E-state index in [4.69, 9.17) is 10.0 Å². The van der Waals surface area contributed by atoms with E-state index >= 15 is 0 Å². The van der Waals surface area contributed by atoms with Gasteiger partial charge in [0.2, 0.25) is 5.96 Å². The van der Waals surface area contributed by atoms with E-state index in [0.29, 0.717) is 5.96 Å². The molecule has 0 aromatic heterocycles.